The van der Waals surface area contributed by atoms with Gasteiger partial charge in [0.15, 0.2) is 0 Å². The Morgan fingerprint density at radius 2 is 1.85 bits per heavy atom. The monoisotopic (exact) mass is 286 g/mol. The molecule has 0 aromatic heterocycles. The molecule has 0 unspecified atom stereocenters. The van der Waals surface area contributed by atoms with E-state index >= 15 is 0 Å². The normalized spacial score (nSPS) is 37.2. The molecule has 4 fully saturated rings. The minimum atomic E-state index is 0.707. The molecule has 0 N–H and O–H groups in total. The Hall–Kier alpha value is -1.02. The fourth-order valence-electron chi connectivity index (χ4n) is 5.15. The SMILES string of the molecule is Clc1ccc2c(c1)N=C1C3C[C@H]4CC(C[C@H](C3)C4)N1C2. The second-order valence-corrected chi connectivity index (χ2v) is 7.57. The number of halogens is 1. The quantitative estimate of drug-likeness (QED) is 0.690. The molecule has 6 rings (SSSR count). The molecule has 20 heavy (non-hydrogen) atoms. The Balaban J connectivity index is 1.64. The zero-order chi connectivity index (χ0) is 13.3. The van der Waals surface area contributed by atoms with Gasteiger partial charge in [-0.25, -0.2) is 4.99 Å². The summed E-state index contributed by atoms with van der Waals surface area (Å²) < 4.78 is 0. The number of nitrogens with zero attached hydrogens (tertiary/aromatic N) is 2. The van der Waals surface area contributed by atoms with Gasteiger partial charge in [0, 0.05) is 23.5 Å². The number of amidine groups is 1. The Morgan fingerprint density at radius 1 is 1.05 bits per heavy atom. The van der Waals surface area contributed by atoms with Gasteiger partial charge >= 0.3 is 0 Å². The predicted octanol–water partition coefficient (Wildman–Crippen LogP) is 4.39. The third kappa shape index (κ3) is 1.60. The number of benzene rings is 1. The maximum Gasteiger partial charge on any atom is 0.108 e. The van der Waals surface area contributed by atoms with Crippen molar-refractivity contribution in [1.29, 1.82) is 0 Å². The fraction of sp³-hybridized carbons (Fsp3) is 0.588. The van der Waals surface area contributed by atoms with Gasteiger partial charge in [0.2, 0.25) is 0 Å². The second kappa shape index (κ2) is 4.00. The van der Waals surface area contributed by atoms with E-state index in [2.05, 4.69) is 11.0 Å². The van der Waals surface area contributed by atoms with Crippen LogP contribution < -0.4 is 0 Å². The van der Waals surface area contributed by atoms with E-state index in [4.69, 9.17) is 16.6 Å². The lowest BCUT2D eigenvalue weighted by atomic mass is 9.68. The standard InChI is InChI=1S/C17H19ClN2/c18-14-2-1-12-9-20-15-6-10-3-11(7-15)5-13(4-10)17(20)19-16(12)8-14/h1-2,8,10-11,13,15H,3-7,9H2/t10-,11-,13?,15?/m0/s1. The van der Waals surface area contributed by atoms with E-state index in [0.717, 1.165) is 35.1 Å². The van der Waals surface area contributed by atoms with Crippen molar-refractivity contribution in [3.63, 3.8) is 0 Å². The van der Waals surface area contributed by atoms with Crippen LogP contribution in [0.4, 0.5) is 5.69 Å². The van der Waals surface area contributed by atoms with Crippen LogP contribution in [0.25, 0.3) is 0 Å². The summed E-state index contributed by atoms with van der Waals surface area (Å²) in [4.78, 5) is 7.68. The first kappa shape index (κ1) is 11.6. The zero-order valence-electron chi connectivity index (χ0n) is 11.6. The van der Waals surface area contributed by atoms with Gasteiger partial charge in [-0.3, -0.25) is 0 Å². The summed E-state index contributed by atoms with van der Waals surface area (Å²) >= 11 is 6.14. The van der Waals surface area contributed by atoms with Crippen molar-refractivity contribution in [3.8, 4) is 0 Å². The van der Waals surface area contributed by atoms with E-state index in [1.807, 2.05) is 12.1 Å². The molecule has 2 atom stereocenters. The minimum Gasteiger partial charge on any atom is -0.352 e. The molecule has 2 nitrogen and oxygen atoms in total. The van der Waals surface area contributed by atoms with Gasteiger partial charge in [-0.05, 0) is 61.6 Å². The highest BCUT2D eigenvalue weighted by molar-refractivity contribution is 6.30. The van der Waals surface area contributed by atoms with Crippen LogP contribution in [0.15, 0.2) is 23.2 Å². The third-order valence-electron chi connectivity index (χ3n) is 5.84. The highest BCUT2D eigenvalue weighted by Crippen LogP contribution is 2.50. The Labute approximate surface area is 124 Å². The summed E-state index contributed by atoms with van der Waals surface area (Å²) in [6.45, 7) is 1.05. The lowest BCUT2D eigenvalue weighted by Crippen LogP contribution is -2.41. The van der Waals surface area contributed by atoms with Gasteiger partial charge in [0.25, 0.3) is 0 Å². The summed E-state index contributed by atoms with van der Waals surface area (Å²) in [5, 5.41) is 0.806. The predicted molar refractivity (Wildman–Crippen MR) is 81.4 cm³/mol. The van der Waals surface area contributed by atoms with Crippen LogP contribution in [0, 0.1) is 17.8 Å². The molecule has 1 aromatic carbocycles. The van der Waals surface area contributed by atoms with Crippen molar-refractivity contribution in [2.24, 2.45) is 22.7 Å². The number of rotatable bonds is 0. The molecule has 3 heterocycles. The average Bonchev–Trinajstić information content (AvgIpc) is 2.59. The number of hydrogen-bond acceptors (Lipinski definition) is 2. The van der Waals surface area contributed by atoms with Crippen LogP contribution in [-0.2, 0) is 6.54 Å². The van der Waals surface area contributed by atoms with Crippen LogP contribution in [0.2, 0.25) is 5.02 Å². The Kier molecular flexibility index (Phi) is 2.33. The van der Waals surface area contributed by atoms with Crippen molar-refractivity contribution < 1.29 is 0 Å². The van der Waals surface area contributed by atoms with E-state index in [1.165, 1.54) is 43.5 Å². The molecule has 3 aliphatic heterocycles. The van der Waals surface area contributed by atoms with Gasteiger partial charge in [-0.2, -0.15) is 0 Å². The Bertz CT molecular complexity index is 595. The smallest absolute Gasteiger partial charge is 0.108 e. The molecule has 2 saturated heterocycles. The first-order chi connectivity index (χ1) is 9.76. The zero-order valence-corrected chi connectivity index (χ0v) is 12.3. The number of hydrogen-bond donors (Lipinski definition) is 0. The van der Waals surface area contributed by atoms with Gasteiger partial charge in [-0.15, -0.1) is 0 Å². The molecule has 4 bridgehead atoms. The van der Waals surface area contributed by atoms with Crippen LogP contribution >= 0.6 is 11.6 Å². The first-order valence-corrected chi connectivity index (χ1v) is 8.27. The summed E-state index contributed by atoms with van der Waals surface area (Å²) in [5.41, 5.74) is 2.46. The molecular formula is C17H19ClN2. The van der Waals surface area contributed by atoms with Crippen molar-refractivity contribution in [1.82, 2.24) is 4.90 Å². The average molecular weight is 287 g/mol. The third-order valence-corrected chi connectivity index (χ3v) is 6.07. The van der Waals surface area contributed by atoms with Crippen LogP contribution in [-0.4, -0.2) is 16.8 Å². The van der Waals surface area contributed by atoms with E-state index < -0.39 is 0 Å². The molecule has 3 heteroatoms. The maximum atomic E-state index is 6.14. The van der Waals surface area contributed by atoms with Crippen LogP contribution in [0.5, 0.6) is 0 Å². The first-order valence-electron chi connectivity index (χ1n) is 7.90. The summed E-state index contributed by atoms with van der Waals surface area (Å²) in [6.07, 6.45) is 7.02. The number of fused-ring (bicyclic) bond motifs is 1. The number of aliphatic imine (C=N–C) groups is 1. The van der Waals surface area contributed by atoms with Gasteiger partial charge in [-0.1, -0.05) is 17.7 Å². The van der Waals surface area contributed by atoms with E-state index in [0.29, 0.717) is 5.92 Å². The van der Waals surface area contributed by atoms with Crippen molar-refractivity contribution >= 4 is 23.1 Å². The highest BCUT2D eigenvalue weighted by atomic mass is 35.5. The van der Waals surface area contributed by atoms with Crippen LogP contribution in [0.3, 0.4) is 0 Å². The lowest BCUT2D eigenvalue weighted by molar-refractivity contribution is 0.128. The molecule has 0 amide bonds. The topological polar surface area (TPSA) is 15.6 Å². The molecule has 2 aliphatic carbocycles. The summed E-state index contributed by atoms with van der Waals surface area (Å²) in [5.74, 6) is 4.00. The van der Waals surface area contributed by atoms with Gasteiger partial charge in [0.05, 0.1) is 5.69 Å². The van der Waals surface area contributed by atoms with Gasteiger partial charge < -0.3 is 4.90 Å². The molecule has 0 radical (unpaired) electrons. The summed E-state index contributed by atoms with van der Waals surface area (Å²) in [6, 6.07) is 6.95. The van der Waals surface area contributed by atoms with E-state index in [-0.39, 0.29) is 0 Å². The van der Waals surface area contributed by atoms with E-state index in [1.54, 1.807) is 0 Å². The largest absolute Gasteiger partial charge is 0.352 e. The molecule has 1 aromatic rings. The molecule has 5 aliphatic rings. The van der Waals surface area contributed by atoms with Crippen molar-refractivity contribution in [3.05, 3.63) is 28.8 Å². The minimum absolute atomic E-state index is 0.707. The molecule has 2 saturated carbocycles. The van der Waals surface area contributed by atoms with Crippen LogP contribution in [0.1, 0.15) is 37.7 Å². The molecule has 0 spiro atoms. The highest BCUT2D eigenvalue weighted by Gasteiger charge is 2.46. The molecular weight excluding hydrogens is 268 g/mol. The Morgan fingerprint density at radius 3 is 2.65 bits per heavy atom. The van der Waals surface area contributed by atoms with Crippen molar-refractivity contribution in [2.45, 2.75) is 44.7 Å². The lowest BCUT2D eigenvalue weighted by Gasteiger charge is -2.39. The second-order valence-electron chi connectivity index (χ2n) is 7.13. The van der Waals surface area contributed by atoms with Crippen molar-refractivity contribution in [2.75, 3.05) is 0 Å². The van der Waals surface area contributed by atoms with E-state index in [9.17, 15) is 0 Å². The molecule has 104 valence electrons. The summed E-state index contributed by atoms with van der Waals surface area (Å²) in [7, 11) is 0. The maximum absolute atomic E-state index is 6.14. The van der Waals surface area contributed by atoms with Gasteiger partial charge in [0.1, 0.15) is 5.84 Å². The fourth-order valence-corrected chi connectivity index (χ4v) is 5.32.